The summed E-state index contributed by atoms with van der Waals surface area (Å²) in [7, 11) is 0. The van der Waals surface area contributed by atoms with E-state index in [0.29, 0.717) is 5.82 Å². The molecule has 0 fully saturated rings. The standard InChI is InChI=1S/C47H29N3/c1-3-15-30(16-4-1)42-29-45(49-46(48-42)31-17-5-2-6-18-31)50-43-26-14-10-22-35(43)37-27-41-36(28-44(37)50)34-21-9-13-25-40(34)47(41)38-23-11-7-19-32(38)33-20-8-12-24-39(33)47/h1-29H. The SMILES string of the molecule is c1ccc(-c2cc(-n3c4ccccc4c4cc5c(cc43)-c3ccccc3C53c4ccccc4-c4ccccc43)nc(-c3ccccc3)n2)cc1. The Balaban J connectivity index is 1.25. The van der Waals surface area contributed by atoms with Gasteiger partial charge < -0.3 is 0 Å². The molecule has 0 saturated heterocycles. The van der Waals surface area contributed by atoms with Crippen molar-refractivity contribution in [3.8, 4) is 50.7 Å². The Hall–Kier alpha value is -6.58. The van der Waals surface area contributed by atoms with Crippen molar-refractivity contribution in [2.24, 2.45) is 0 Å². The Morgan fingerprint density at radius 1 is 0.380 bits per heavy atom. The van der Waals surface area contributed by atoms with Crippen LogP contribution in [0, 0.1) is 0 Å². The lowest BCUT2D eigenvalue weighted by atomic mass is 9.70. The average Bonchev–Trinajstić information content (AvgIpc) is 3.79. The van der Waals surface area contributed by atoms with E-state index in [0.717, 1.165) is 33.7 Å². The number of hydrogen-bond donors (Lipinski definition) is 0. The van der Waals surface area contributed by atoms with Crippen LogP contribution in [-0.2, 0) is 5.41 Å². The Bertz CT molecular complexity index is 2710. The monoisotopic (exact) mass is 635 g/mol. The summed E-state index contributed by atoms with van der Waals surface area (Å²) in [6.45, 7) is 0. The van der Waals surface area contributed by atoms with Gasteiger partial charge in [-0.25, -0.2) is 9.97 Å². The highest BCUT2D eigenvalue weighted by Crippen LogP contribution is 2.63. The summed E-state index contributed by atoms with van der Waals surface area (Å²) in [6, 6.07) is 63.5. The van der Waals surface area contributed by atoms with Crippen molar-refractivity contribution in [1.29, 1.82) is 0 Å². The molecule has 2 aromatic heterocycles. The van der Waals surface area contributed by atoms with Crippen LogP contribution in [-0.4, -0.2) is 14.5 Å². The van der Waals surface area contributed by atoms with E-state index in [1.807, 2.05) is 24.3 Å². The second-order valence-electron chi connectivity index (χ2n) is 13.3. The highest BCUT2D eigenvalue weighted by Gasteiger charge is 2.51. The summed E-state index contributed by atoms with van der Waals surface area (Å²) in [6.07, 6.45) is 0. The molecule has 0 unspecified atom stereocenters. The third-order valence-electron chi connectivity index (χ3n) is 10.8. The molecule has 2 aliphatic carbocycles. The van der Waals surface area contributed by atoms with E-state index in [2.05, 4.69) is 156 Å². The van der Waals surface area contributed by atoms with Crippen LogP contribution in [0.1, 0.15) is 22.3 Å². The van der Waals surface area contributed by atoms with Gasteiger partial charge in [-0.15, -0.1) is 0 Å². The molecule has 3 nitrogen and oxygen atoms in total. The quantitative estimate of drug-likeness (QED) is 0.193. The van der Waals surface area contributed by atoms with Crippen LogP contribution >= 0.6 is 0 Å². The van der Waals surface area contributed by atoms with Crippen molar-refractivity contribution in [3.63, 3.8) is 0 Å². The van der Waals surface area contributed by atoms with Crippen molar-refractivity contribution < 1.29 is 0 Å². The topological polar surface area (TPSA) is 30.7 Å². The predicted molar refractivity (Wildman–Crippen MR) is 204 cm³/mol. The van der Waals surface area contributed by atoms with Gasteiger partial charge in [-0.3, -0.25) is 4.57 Å². The van der Waals surface area contributed by atoms with Gasteiger partial charge >= 0.3 is 0 Å². The third-order valence-corrected chi connectivity index (χ3v) is 10.8. The second kappa shape index (κ2) is 10.2. The molecule has 7 aromatic carbocycles. The van der Waals surface area contributed by atoms with Crippen molar-refractivity contribution in [2.45, 2.75) is 5.41 Å². The number of para-hydroxylation sites is 1. The highest BCUT2D eigenvalue weighted by atomic mass is 15.1. The maximum absolute atomic E-state index is 5.29. The van der Waals surface area contributed by atoms with E-state index in [4.69, 9.17) is 9.97 Å². The van der Waals surface area contributed by atoms with Crippen LogP contribution in [0.4, 0.5) is 0 Å². The van der Waals surface area contributed by atoms with Crippen LogP contribution in [0.3, 0.4) is 0 Å². The summed E-state index contributed by atoms with van der Waals surface area (Å²) < 4.78 is 2.34. The molecule has 0 amide bonds. The molecule has 0 radical (unpaired) electrons. The molecule has 2 aliphatic rings. The van der Waals surface area contributed by atoms with E-state index in [9.17, 15) is 0 Å². The van der Waals surface area contributed by atoms with E-state index >= 15 is 0 Å². The number of hydrogen-bond acceptors (Lipinski definition) is 2. The third kappa shape index (κ3) is 3.58. The largest absolute Gasteiger partial charge is 0.294 e. The predicted octanol–water partition coefficient (Wildman–Crippen LogP) is 11.3. The molecule has 0 N–H and O–H groups in total. The minimum absolute atomic E-state index is 0.396. The molecule has 0 saturated carbocycles. The van der Waals surface area contributed by atoms with Gasteiger partial charge in [0.25, 0.3) is 0 Å². The van der Waals surface area contributed by atoms with Gasteiger partial charge in [-0.2, -0.15) is 0 Å². The van der Waals surface area contributed by atoms with Gasteiger partial charge in [-0.1, -0.05) is 152 Å². The van der Waals surface area contributed by atoms with E-state index in [1.54, 1.807) is 0 Å². The van der Waals surface area contributed by atoms with Gasteiger partial charge in [-0.05, 0) is 62.7 Å². The van der Waals surface area contributed by atoms with E-state index < -0.39 is 5.41 Å². The van der Waals surface area contributed by atoms with Crippen LogP contribution in [0.2, 0.25) is 0 Å². The first-order chi connectivity index (χ1) is 24.8. The van der Waals surface area contributed by atoms with E-state index in [1.165, 1.54) is 55.3 Å². The van der Waals surface area contributed by atoms with Gasteiger partial charge in [0.2, 0.25) is 0 Å². The molecule has 3 heteroatoms. The first kappa shape index (κ1) is 27.4. The lowest BCUT2D eigenvalue weighted by Crippen LogP contribution is -2.25. The number of benzene rings is 7. The summed E-state index contributed by atoms with van der Waals surface area (Å²) in [4.78, 5) is 10.4. The number of nitrogens with zero attached hydrogens (tertiary/aromatic N) is 3. The zero-order valence-corrected chi connectivity index (χ0v) is 27.1. The molecule has 0 bridgehead atoms. The Morgan fingerprint density at radius 2 is 0.920 bits per heavy atom. The lowest BCUT2D eigenvalue weighted by Gasteiger charge is -2.30. The number of fused-ring (bicyclic) bond motifs is 13. The average molecular weight is 636 g/mol. The van der Waals surface area contributed by atoms with E-state index in [-0.39, 0.29) is 0 Å². The van der Waals surface area contributed by atoms with Gasteiger partial charge in [0, 0.05) is 28.0 Å². The van der Waals surface area contributed by atoms with Crippen molar-refractivity contribution >= 4 is 21.8 Å². The Morgan fingerprint density at radius 3 is 1.58 bits per heavy atom. The molecule has 9 aromatic rings. The first-order valence-corrected chi connectivity index (χ1v) is 17.2. The van der Waals surface area contributed by atoms with Crippen molar-refractivity contribution in [3.05, 3.63) is 198 Å². The molecule has 0 atom stereocenters. The van der Waals surface area contributed by atoms with Crippen LogP contribution < -0.4 is 0 Å². The lowest BCUT2D eigenvalue weighted by molar-refractivity contribution is 0.795. The summed E-state index contributed by atoms with van der Waals surface area (Å²) >= 11 is 0. The fourth-order valence-corrected chi connectivity index (χ4v) is 8.82. The smallest absolute Gasteiger partial charge is 0.162 e. The molecular weight excluding hydrogens is 607 g/mol. The normalized spacial score (nSPS) is 13.4. The summed E-state index contributed by atoms with van der Waals surface area (Å²) in [5.41, 5.74) is 15.4. The molecule has 232 valence electrons. The molecule has 50 heavy (non-hydrogen) atoms. The molecule has 2 heterocycles. The highest BCUT2D eigenvalue weighted by molar-refractivity contribution is 6.12. The second-order valence-corrected chi connectivity index (χ2v) is 13.3. The molecular formula is C47H29N3. The van der Waals surface area contributed by atoms with Crippen molar-refractivity contribution in [1.82, 2.24) is 14.5 Å². The zero-order chi connectivity index (χ0) is 32.8. The maximum atomic E-state index is 5.29. The van der Waals surface area contributed by atoms with Crippen molar-refractivity contribution in [2.75, 3.05) is 0 Å². The fraction of sp³-hybridized carbons (Fsp3) is 0.0213. The number of rotatable bonds is 3. The number of aromatic nitrogens is 3. The fourth-order valence-electron chi connectivity index (χ4n) is 8.82. The molecule has 11 rings (SSSR count). The maximum Gasteiger partial charge on any atom is 0.162 e. The minimum Gasteiger partial charge on any atom is -0.294 e. The van der Waals surface area contributed by atoms with Crippen LogP contribution in [0.5, 0.6) is 0 Å². The van der Waals surface area contributed by atoms with Crippen LogP contribution in [0.25, 0.3) is 72.5 Å². The first-order valence-electron chi connectivity index (χ1n) is 17.2. The Kier molecular flexibility index (Phi) is 5.59. The van der Waals surface area contributed by atoms with Gasteiger partial charge in [0.05, 0.1) is 22.1 Å². The summed E-state index contributed by atoms with van der Waals surface area (Å²) in [5.74, 6) is 1.55. The molecule has 1 spiro atoms. The minimum atomic E-state index is -0.396. The molecule has 0 aliphatic heterocycles. The van der Waals surface area contributed by atoms with Crippen LogP contribution in [0.15, 0.2) is 176 Å². The Labute approximate surface area is 289 Å². The zero-order valence-electron chi connectivity index (χ0n) is 27.1. The summed E-state index contributed by atoms with van der Waals surface area (Å²) in [5, 5.41) is 2.42. The van der Waals surface area contributed by atoms with Gasteiger partial charge in [0.15, 0.2) is 5.82 Å². The van der Waals surface area contributed by atoms with Gasteiger partial charge in [0.1, 0.15) is 5.82 Å².